The zero-order valence-corrected chi connectivity index (χ0v) is 12.7. The predicted octanol–water partition coefficient (Wildman–Crippen LogP) is 3.69. The lowest BCUT2D eigenvalue weighted by Gasteiger charge is -2.32. The van der Waals surface area contributed by atoms with E-state index in [0.717, 1.165) is 43.2 Å². The number of nitrogens with one attached hydrogen (secondary N) is 1. The Morgan fingerprint density at radius 3 is 2.55 bits per heavy atom. The quantitative estimate of drug-likeness (QED) is 0.823. The van der Waals surface area contributed by atoms with E-state index in [2.05, 4.69) is 29.3 Å². The maximum atomic E-state index is 5.98. The highest BCUT2D eigenvalue weighted by molar-refractivity contribution is 5.07. The molecule has 3 nitrogen and oxygen atoms in total. The molecule has 2 fully saturated rings. The second kappa shape index (κ2) is 6.77. The summed E-state index contributed by atoms with van der Waals surface area (Å²) < 4.78 is 5.98. The zero-order valence-electron chi connectivity index (χ0n) is 12.7. The molecule has 0 amide bonds. The lowest BCUT2D eigenvalue weighted by molar-refractivity contribution is 0.144. The topological polar surface area (TPSA) is 28.4 Å². The molecule has 0 atom stereocenters. The Morgan fingerprint density at radius 1 is 1.10 bits per heavy atom. The third-order valence-electron chi connectivity index (χ3n) is 4.72. The highest BCUT2D eigenvalue weighted by atomic mass is 16.3. The summed E-state index contributed by atoms with van der Waals surface area (Å²) in [6.45, 7) is 5.26. The smallest absolute Gasteiger partial charge is 0.118 e. The van der Waals surface area contributed by atoms with Gasteiger partial charge in [0.2, 0.25) is 0 Å². The first kappa shape index (κ1) is 14.2. The van der Waals surface area contributed by atoms with Crippen LogP contribution >= 0.6 is 0 Å². The standard InChI is InChI=1S/C17H28N2O/c1-2-19(15-6-4-3-5-7-15)13-17-11-10-16(20-17)12-18-14-8-9-14/h10-11,14-15,18H,2-9,12-13H2,1H3. The van der Waals surface area contributed by atoms with Gasteiger partial charge in [0.1, 0.15) is 11.5 Å². The SMILES string of the molecule is CCN(Cc1ccc(CNC2CC2)o1)C1CCCCC1. The second-order valence-corrected chi connectivity index (χ2v) is 6.38. The van der Waals surface area contributed by atoms with Crippen molar-refractivity contribution in [3.05, 3.63) is 23.7 Å². The fraction of sp³-hybridized carbons (Fsp3) is 0.765. The van der Waals surface area contributed by atoms with E-state index in [9.17, 15) is 0 Å². The largest absolute Gasteiger partial charge is 0.463 e. The molecule has 2 aliphatic carbocycles. The highest BCUT2D eigenvalue weighted by Gasteiger charge is 2.22. The van der Waals surface area contributed by atoms with Crippen molar-refractivity contribution in [1.82, 2.24) is 10.2 Å². The lowest BCUT2D eigenvalue weighted by atomic mass is 9.94. The van der Waals surface area contributed by atoms with E-state index in [0.29, 0.717) is 0 Å². The normalized spacial score (nSPS) is 20.7. The molecule has 112 valence electrons. The molecular weight excluding hydrogens is 248 g/mol. The third-order valence-corrected chi connectivity index (χ3v) is 4.72. The van der Waals surface area contributed by atoms with Crippen molar-refractivity contribution in [1.29, 1.82) is 0 Å². The van der Waals surface area contributed by atoms with Crippen LogP contribution in [0, 0.1) is 0 Å². The Labute approximate surface area is 122 Å². The minimum absolute atomic E-state index is 0.748. The summed E-state index contributed by atoms with van der Waals surface area (Å²) in [6, 6.07) is 5.82. The Hall–Kier alpha value is -0.800. The molecule has 20 heavy (non-hydrogen) atoms. The van der Waals surface area contributed by atoms with Crippen molar-refractivity contribution >= 4 is 0 Å². The summed E-state index contributed by atoms with van der Waals surface area (Å²) in [5.41, 5.74) is 0. The molecule has 0 aliphatic heterocycles. The minimum Gasteiger partial charge on any atom is -0.463 e. The van der Waals surface area contributed by atoms with E-state index in [1.807, 2.05) is 0 Å². The Balaban J connectivity index is 1.51. The number of rotatable bonds is 7. The first-order valence-electron chi connectivity index (χ1n) is 8.40. The maximum absolute atomic E-state index is 5.98. The number of hydrogen-bond donors (Lipinski definition) is 1. The van der Waals surface area contributed by atoms with Crippen molar-refractivity contribution < 1.29 is 4.42 Å². The Kier molecular flexibility index (Phi) is 4.79. The summed E-state index contributed by atoms with van der Waals surface area (Å²) in [4.78, 5) is 2.59. The summed E-state index contributed by atoms with van der Waals surface area (Å²) >= 11 is 0. The molecule has 0 saturated heterocycles. The van der Waals surface area contributed by atoms with Crippen molar-refractivity contribution in [3.8, 4) is 0 Å². The number of nitrogens with zero attached hydrogens (tertiary/aromatic N) is 1. The van der Waals surface area contributed by atoms with E-state index in [-0.39, 0.29) is 0 Å². The summed E-state index contributed by atoms with van der Waals surface area (Å²) in [5.74, 6) is 2.22. The van der Waals surface area contributed by atoms with Crippen LogP contribution in [0.3, 0.4) is 0 Å². The molecule has 0 unspecified atom stereocenters. The summed E-state index contributed by atoms with van der Waals surface area (Å²) in [6.07, 6.45) is 9.62. The first-order chi connectivity index (χ1) is 9.85. The van der Waals surface area contributed by atoms with Gasteiger partial charge in [0, 0.05) is 12.1 Å². The van der Waals surface area contributed by atoms with E-state index in [4.69, 9.17) is 4.42 Å². The van der Waals surface area contributed by atoms with Gasteiger partial charge in [-0.05, 0) is 44.4 Å². The molecule has 1 aromatic rings. The fourth-order valence-electron chi connectivity index (χ4n) is 3.28. The van der Waals surface area contributed by atoms with Crippen molar-refractivity contribution in [2.75, 3.05) is 6.54 Å². The van der Waals surface area contributed by atoms with Crippen molar-refractivity contribution in [2.45, 2.75) is 77.0 Å². The van der Waals surface area contributed by atoms with Gasteiger partial charge in [-0.2, -0.15) is 0 Å². The average molecular weight is 276 g/mol. The Morgan fingerprint density at radius 2 is 1.85 bits per heavy atom. The molecule has 0 radical (unpaired) electrons. The average Bonchev–Trinajstić information content (AvgIpc) is 3.22. The fourth-order valence-corrected chi connectivity index (χ4v) is 3.28. The van der Waals surface area contributed by atoms with Gasteiger partial charge >= 0.3 is 0 Å². The van der Waals surface area contributed by atoms with Gasteiger partial charge in [-0.3, -0.25) is 4.90 Å². The summed E-state index contributed by atoms with van der Waals surface area (Å²) in [7, 11) is 0. The minimum atomic E-state index is 0.748. The van der Waals surface area contributed by atoms with Crippen LogP contribution in [0.2, 0.25) is 0 Å². The van der Waals surface area contributed by atoms with Crippen LogP contribution in [0.5, 0.6) is 0 Å². The molecule has 0 aromatic carbocycles. The molecule has 3 rings (SSSR count). The number of hydrogen-bond acceptors (Lipinski definition) is 3. The highest BCUT2D eigenvalue weighted by Crippen LogP contribution is 2.24. The lowest BCUT2D eigenvalue weighted by Crippen LogP contribution is -2.35. The molecule has 0 bridgehead atoms. The van der Waals surface area contributed by atoms with Gasteiger partial charge in [-0.15, -0.1) is 0 Å². The van der Waals surface area contributed by atoms with E-state index >= 15 is 0 Å². The van der Waals surface area contributed by atoms with Crippen LogP contribution in [0.15, 0.2) is 16.5 Å². The third kappa shape index (κ3) is 3.86. The van der Waals surface area contributed by atoms with Crippen molar-refractivity contribution in [2.24, 2.45) is 0 Å². The van der Waals surface area contributed by atoms with E-state index < -0.39 is 0 Å². The molecular formula is C17H28N2O. The predicted molar refractivity (Wildman–Crippen MR) is 81.5 cm³/mol. The van der Waals surface area contributed by atoms with Crippen LogP contribution in [-0.2, 0) is 13.1 Å². The van der Waals surface area contributed by atoms with Crippen LogP contribution < -0.4 is 5.32 Å². The van der Waals surface area contributed by atoms with Crippen LogP contribution in [0.4, 0.5) is 0 Å². The molecule has 1 heterocycles. The van der Waals surface area contributed by atoms with Crippen molar-refractivity contribution in [3.63, 3.8) is 0 Å². The van der Waals surface area contributed by atoms with Gasteiger partial charge < -0.3 is 9.73 Å². The van der Waals surface area contributed by atoms with Crippen LogP contribution in [-0.4, -0.2) is 23.5 Å². The Bertz CT molecular complexity index is 405. The summed E-state index contributed by atoms with van der Waals surface area (Å²) in [5, 5.41) is 3.51. The monoisotopic (exact) mass is 276 g/mol. The molecule has 1 aromatic heterocycles. The molecule has 2 aliphatic rings. The van der Waals surface area contributed by atoms with E-state index in [1.54, 1.807) is 0 Å². The van der Waals surface area contributed by atoms with Crippen LogP contribution in [0.25, 0.3) is 0 Å². The van der Waals surface area contributed by atoms with Crippen LogP contribution in [0.1, 0.15) is 63.4 Å². The first-order valence-corrected chi connectivity index (χ1v) is 8.40. The molecule has 3 heteroatoms. The van der Waals surface area contributed by atoms with Gasteiger partial charge in [0.05, 0.1) is 13.1 Å². The van der Waals surface area contributed by atoms with Gasteiger partial charge in [0.25, 0.3) is 0 Å². The second-order valence-electron chi connectivity index (χ2n) is 6.38. The molecule has 1 N–H and O–H groups in total. The van der Waals surface area contributed by atoms with Gasteiger partial charge in [-0.1, -0.05) is 26.2 Å². The van der Waals surface area contributed by atoms with E-state index in [1.165, 1.54) is 44.9 Å². The number of furan rings is 1. The zero-order chi connectivity index (χ0) is 13.8. The maximum Gasteiger partial charge on any atom is 0.118 e. The molecule has 0 spiro atoms. The van der Waals surface area contributed by atoms with Gasteiger partial charge in [0.15, 0.2) is 0 Å². The van der Waals surface area contributed by atoms with Gasteiger partial charge in [-0.25, -0.2) is 0 Å². The molecule has 2 saturated carbocycles.